The fourth-order valence-electron chi connectivity index (χ4n) is 1.73. The maximum absolute atomic E-state index is 11.8. The minimum absolute atomic E-state index is 0.150. The van der Waals surface area contributed by atoms with Crippen molar-refractivity contribution in [2.75, 3.05) is 24.8 Å². The van der Waals surface area contributed by atoms with Gasteiger partial charge in [-0.25, -0.2) is 0 Å². The first-order chi connectivity index (χ1) is 11.6. The Morgan fingerprint density at radius 1 is 1.08 bits per heavy atom. The van der Waals surface area contributed by atoms with Gasteiger partial charge in [0, 0.05) is 15.1 Å². The molecule has 5 nitrogen and oxygen atoms in total. The van der Waals surface area contributed by atoms with E-state index in [1.54, 1.807) is 31.4 Å². The van der Waals surface area contributed by atoms with Gasteiger partial charge in [0.25, 0.3) is 5.91 Å². The summed E-state index contributed by atoms with van der Waals surface area (Å²) in [6.45, 7) is -0.314. The van der Waals surface area contributed by atoms with Crippen LogP contribution < -0.4 is 10.1 Å². The molecule has 0 saturated carbocycles. The molecule has 0 aliphatic rings. The number of thioether (sulfide) groups is 1. The monoisotopic (exact) mass is 409 g/mol. The van der Waals surface area contributed by atoms with Crippen LogP contribution in [0.5, 0.6) is 5.75 Å². The molecule has 0 heterocycles. The SMILES string of the molecule is COc1ccc(NC(=O)COC(=O)CSc2ccc(Br)cc2)cc1. The van der Waals surface area contributed by atoms with Gasteiger partial charge in [-0.3, -0.25) is 9.59 Å². The number of ether oxygens (including phenoxy) is 2. The Morgan fingerprint density at radius 3 is 2.38 bits per heavy atom. The van der Waals surface area contributed by atoms with E-state index in [0.29, 0.717) is 11.4 Å². The van der Waals surface area contributed by atoms with Crippen molar-refractivity contribution in [2.24, 2.45) is 0 Å². The molecule has 0 spiro atoms. The number of methoxy groups -OCH3 is 1. The Bertz CT molecular complexity index is 689. The van der Waals surface area contributed by atoms with Gasteiger partial charge in [0.15, 0.2) is 6.61 Å². The molecule has 1 N–H and O–H groups in total. The first-order valence-electron chi connectivity index (χ1n) is 7.05. The fourth-order valence-corrected chi connectivity index (χ4v) is 2.69. The lowest BCUT2D eigenvalue weighted by Crippen LogP contribution is -2.21. The van der Waals surface area contributed by atoms with E-state index in [9.17, 15) is 9.59 Å². The summed E-state index contributed by atoms with van der Waals surface area (Å²) in [4.78, 5) is 24.4. The third kappa shape index (κ3) is 6.25. The van der Waals surface area contributed by atoms with Crippen LogP contribution in [0, 0.1) is 0 Å². The van der Waals surface area contributed by atoms with Crippen molar-refractivity contribution < 1.29 is 19.1 Å². The van der Waals surface area contributed by atoms with E-state index < -0.39 is 5.97 Å². The summed E-state index contributed by atoms with van der Waals surface area (Å²) in [5, 5.41) is 2.64. The molecule has 1 amide bonds. The number of hydrogen-bond acceptors (Lipinski definition) is 5. The molecule has 2 aromatic carbocycles. The number of esters is 1. The first-order valence-corrected chi connectivity index (χ1v) is 8.82. The third-order valence-electron chi connectivity index (χ3n) is 2.91. The van der Waals surface area contributed by atoms with Gasteiger partial charge in [-0.2, -0.15) is 0 Å². The van der Waals surface area contributed by atoms with E-state index in [-0.39, 0.29) is 18.3 Å². The van der Waals surface area contributed by atoms with E-state index in [4.69, 9.17) is 9.47 Å². The number of amides is 1. The van der Waals surface area contributed by atoms with Crippen LogP contribution in [0.2, 0.25) is 0 Å². The van der Waals surface area contributed by atoms with E-state index in [1.165, 1.54) is 11.8 Å². The zero-order valence-electron chi connectivity index (χ0n) is 13.0. The normalized spacial score (nSPS) is 10.1. The predicted octanol–water partition coefficient (Wildman–Crippen LogP) is 3.73. The Hall–Kier alpha value is -1.99. The average Bonchev–Trinajstić information content (AvgIpc) is 2.60. The van der Waals surface area contributed by atoms with Crippen molar-refractivity contribution in [3.05, 3.63) is 53.0 Å². The number of carbonyl (C=O) groups excluding carboxylic acids is 2. The molecule has 0 atom stereocenters. The molecule has 7 heteroatoms. The summed E-state index contributed by atoms with van der Waals surface area (Å²) >= 11 is 4.71. The lowest BCUT2D eigenvalue weighted by atomic mass is 10.3. The standard InChI is InChI=1S/C17H16BrNO4S/c1-22-14-6-4-13(5-7-14)19-16(20)10-23-17(21)11-24-15-8-2-12(18)3-9-15/h2-9H,10-11H2,1H3,(H,19,20). The molecule has 0 aromatic heterocycles. The summed E-state index contributed by atoms with van der Waals surface area (Å²) in [5.41, 5.74) is 0.612. The van der Waals surface area contributed by atoms with Gasteiger partial charge in [-0.15, -0.1) is 11.8 Å². The van der Waals surface area contributed by atoms with Crippen LogP contribution in [0.15, 0.2) is 57.9 Å². The summed E-state index contributed by atoms with van der Waals surface area (Å²) in [6.07, 6.45) is 0. The summed E-state index contributed by atoms with van der Waals surface area (Å²) in [7, 11) is 1.57. The molecule has 2 aromatic rings. The summed E-state index contributed by atoms with van der Waals surface area (Å²) in [5.74, 6) is 0.0246. The van der Waals surface area contributed by atoms with Crippen molar-refractivity contribution in [2.45, 2.75) is 4.90 Å². The van der Waals surface area contributed by atoms with Crippen LogP contribution >= 0.6 is 27.7 Å². The van der Waals surface area contributed by atoms with Crippen molar-refractivity contribution in [3.63, 3.8) is 0 Å². The number of anilines is 1. The molecule has 2 rings (SSSR count). The highest BCUT2D eigenvalue weighted by atomic mass is 79.9. The lowest BCUT2D eigenvalue weighted by molar-refractivity contribution is -0.144. The minimum Gasteiger partial charge on any atom is -0.497 e. The number of benzene rings is 2. The predicted molar refractivity (Wildman–Crippen MR) is 97.4 cm³/mol. The maximum Gasteiger partial charge on any atom is 0.316 e. The number of carbonyl (C=O) groups is 2. The molecular weight excluding hydrogens is 394 g/mol. The van der Waals surface area contributed by atoms with E-state index in [0.717, 1.165) is 9.37 Å². The second-order valence-corrected chi connectivity index (χ2v) is 6.64. The maximum atomic E-state index is 11.8. The largest absolute Gasteiger partial charge is 0.497 e. The molecule has 0 bridgehead atoms. The Labute approximate surface area is 152 Å². The first kappa shape index (κ1) is 18.4. The number of halogens is 1. The average molecular weight is 410 g/mol. The van der Waals surface area contributed by atoms with E-state index in [1.807, 2.05) is 24.3 Å². The summed E-state index contributed by atoms with van der Waals surface area (Å²) < 4.78 is 11.0. The van der Waals surface area contributed by atoms with Crippen LogP contribution in [0.1, 0.15) is 0 Å². The Balaban J connectivity index is 1.70. The molecule has 0 radical (unpaired) electrons. The van der Waals surface area contributed by atoms with Crippen molar-refractivity contribution >= 4 is 45.3 Å². The molecule has 0 unspecified atom stereocenters. The molecule has 0 aliphatic carbocycles. The zero-order chi connectivity index (χ0) is 17.4. The van der Waals surface area contributed by atoms with Gasteiger partial charge in [-0.05, 0) is 48.5 Å². The van der Waals surface area contributed by atoms with Gasteiger partial charge in [0.2, 0.25) is 0 Å². The number of nitrogens with one attached hydrogen (secondary N) is 1. The van der Waals surface area contributed by atoms with Gasteiger partial charge in [-0.1, -0.05) is 15.9 Å². The van der Waals surface area contributed by atoms with Crippen LogP contribution in [0.4, 0.5) is 5.69 Å². The summed E-state index contributed by atoms with van der Waals surface area (Å²) in [6, 6.07) is 14.5. The highest BCUT2D eigenvalue weighted by Gasteiger charge is 2.09. The minimum atomic E-state index is -0.437. The Kier molecular flexibility index (Phi) is 7.14. The van der Waals surface area contributed by atoms with Crippen molar-refractivity contribution in [3.8, 4) is 5.75 Å². The molecule has 0 fully saturated rings. The van der Waals surface area contributed by atoms with Crippen LogP contribution in [0.25, 0.3) is 0 Å². The lowest BCUT2D eigenvalue weighted by Gasteiger charge is -2.07. The quantitative estimate of drug-likeness (QED) is 0.557. The molecule has 24 heavy (non-hydrogen) atoms. The van der Waals surface area contributed by atoms with Crippen LogP contribution in [-0.2, 0) is 14.3 Å². The fraction of sp³-hybridized carbons (Fsp3) is 0.176. The van der Waals surface area contributed by atoms with Crippen molar-refractivity contribution in [1.82, 2.24) is 0 Å². The Morgan fingerprint density at radius 2 is 1.75 bits per heavy atom. The van der Waals surface area contributed by atoms with E-state index >= 15 is 0 Å². The second kappa shape index (κ2) is 9.34. The topological polar surface area (TPSA) is 64.6 Å². The van der Waals surface area contributed by atoms with E-state index in [2.05, 4.69) is 21.2 Å². The second-order valence-electron chi connectivity index (χ2n) is 4.68. The zero-order valence-corrected chi connectivity index (χ0v) is 15.4. The van der Waals surface area contributed by atoms with Gasteiger partial charge < -0.3 is 14.8 Å². The highest BCUT2D eigenvalue weighted by Crippen LogP contribution is 2.20. The highest BCUT2D eigenvalue weighted by molar-refractivity contribution is 9.10. The number of hydrogen-bond donors (Lipinski definition) is 1. The molecule has 0 saturated heterocycles. The van der Waals surface area contributed by atoms with Gasteiger partial charge >= 0.3 is 5.97 Å². The molecular formula is C17H16BrNO4S. The van der Waals surface area contributed by atoms with Gasteiger partial charge in [0.05, 0.1) is 12.9 Å². The molecule has 0 aliphatic heterocycles. The smallest absolute Gasteiger partial charge is 0.316 e. The molecule has 126 valence electrons. The van der Waals surface area contributed by atoms with Crippen molar-refractivity contribution in [1.29, 1.82) is 0 Å². The third-order valence-corrected chi connectivity index (χ3v) is 4.42. The van der Waals surface area contributed by atoms with Crippen LogP contribution in [0.3, 0.4) is 0 Å². The van der Waals surface area contributed by atoms with Gasteiger partial charge in [0.1, 0.15) is 5.75 Å². The number of rotatable bonds is 7. The van der Waals surface area contributed by atoms with Crippen LogP contribution in [-0.4, -0.2) is 31.3 Å².